The number of hydrogen-bond acceptors (Lipinski definition) is 4. The molecule has 1 aliphatic rings. The molecule has 4 nitrogen and oxygen atoms in total. The fraction of sp³-hybridized carbons (Fsp3) is 0.706. The summed E-state index contributed by atoms with van der Waals surface area (Å²) in [5.74, 6) is 1.19. The molecule has 21 heavy (non-hydrogen) atoms. The first-order valence-electron chi connectivity index (χ1n) is 8.12. The lowest BCUT2D eigenvalue weighted by Crippen LogP contribution is -2.46. The van der Waals surface area contributed by atoms with Gasteiger partial charge < -0.3 is 15.1 Å². The van der Waals surface area contributed by atoms with Crippen molar-refractivity contribution in [3.05, 3.63) is 22.9 Å². The molecule has 1 aliphatic heterocycles. The summed E-state index contributed by atoms with van der Waals surface area (Å²) >= 11 is 0. The molecule has 2 rings (SSSR count). The summed E-state index contributed by atoms with van der Waals surface area (Å²) < 4.78 is 0. The molecule has 2 heterocycles. The van der Waals surface area contributed by atoms with Crippen molar-refractivity contribution in [2.24, 2.45) is 0 Å². The average Bonchev–Trinajstić information content (AvgIpc) is 2.46. The molecule has 1 unspecified atom stereocenters. The van der Waals surface area contributed by atoms with Crippen LogP contribution >= 0.6 is 0 Å². The lowest BCUT2D eigenvalue weighted by molar-refractivity contribution is 0.257. The van der Waals surface area contributed by atoms with Gasteiger partial charge in [0.1, 0.15) is 5.82 Å². The number of nitrogens with one attached hydrogen (secondary N) is 1. The van der Waals surface area contributed by atoms with Gasteiger partial charge in [-0.25, -0.2) is 4.98 Å². The third-order valence-corrected chi connectivity index (χ3v) is 4.43. The van der Waals surface area contributed by atoms with Crippen LogP contribution in [-0.2, 0) is 6.54 Å². The molecule has 1 fully saturated rings. The summed E-state index contributed by atoms with van der Waals surface area (Å²) in [4.78, 5) is 9.70. The molecule has 1 saturated heterocycles. The topological polar surface area (TPSA) is 31.4 Å². The number of piperidine rings is 1. The zero-order valence-corrected chi connectivity index (χ0v) is 14.2. The quantitative estimate of drug-likeness (QED) is 0.902. The Bertz CT molecular complexity index is 470. The second-order valence-electron chi connectivity index (χ2n) is 6.37. The number of anilines is 1. The largest absolute Gasteiger partial charge is 0.355 e. The molecule has 1 atom stereocenters. The van der Waals surface area contributed by atoms with Crippen LogP contribution in [0, 0.1) is 13.8 Å². The summed E-state index contributed by atoms with van der Waals surface area (Å²) in [6, 6.07) is 2.83. The van der Waals surface area contributed by atoms with Crippen molar-refractivity contribution in [2.75, 3.05) is 38.6 Å². The molecule has 4 heteroatoms. The first-order chi connectivity index (χ1) is 10.0. The van der Waals surface area contributed by atoms with Gasteiger partial charge in [-0.1, -0.05) is 6.92 Å². The van der Waals surface area contributed by atoms with Gasteiger partial charge in [-0.2, -0.15) is 0 Å². The van der Waals surface area contributed by atoms with Gasteiger partial charge in [-0.15, -0.1) is 0 Å². The minimum atomic E-state index is 0.633. The van der Waals surface area contributed by atoms with Gasteiger partial charge >= 0.3 is 0 Å². The van der Waals surface area contributed by atoms with Crippen molar-refractivity contribution in [3.8, 4) is 0 Å². The molecule has 1 aromatic rings. The summed E-state index contributed by atoms with van der Waals surface area (Å²) in [5.41, 5.74) is 3.84. The molecule has 0 saturated carbocycles. The summed E-state index contributed by atoms with van der Waals surface area (Å²) in [7, 11) is 4.37. The van der Waals surface area contributed by atoms with Crippen LogP contribution in [0.1, 0.15) is 36.6 Å². The molecule has 1 N–H and O–H groups in total. The zero-order valence-electron chi connectivity index (χ0n) is 14.2. The molecular formula is C17H30N4. The van der Waals surface area contributed by atoms with Crippen molar-refractivity contribution in [1.29, 1.82) is 0 Å². The van der Waals surface area contributed by atoms with Crippen LogP contribution in [0.4, 0.5) is 5.82 Å². The summed E-state index contributed by atoms with van der Waals surface area (Å²) in [6.45, 7) is 10.6. The SMILES string of the molecule is CCNCc1c(C)cc(C)nc1N1CCCC(N(C)C)C1. The van der Waals surface area contributed by atoms with Gasteiger partial charge in [0.2, 0.25) is 0 Å². The number of nitrogens with zero attached hydrogens (tertiary/aromatic N) is 3. The van der Waals surface area contributed by atoms with E-state index in [-0.39, 0.29) is 0 Å². The van der Waals surface area contributed by atoms with Crippen LogP contribution in [0.5, 0.6) is 0 Å². The molecule has 0 aromatic carbocycles. The second-order valence-corrected chi connectivity index (χ2v) is 6.37. The number of aromatic nitrogens is 1. The van der Waals surface area contributed by atoms with E-state index in [1.54, 1.807) is 0 Å². The van der Waals surface area contributed by atoms with E-state index in [1.807, 2.05) is 0 Å². The number of rotatable bonds is 5. The van der Waals surface area contributed by atoms with E-state index in [9.17, 15) is 0 Å². The normalized spacial score (nSPS) is 19.3. The highest BCUT2D eigenvalue weighted by Crippen LogP contribution is 2.26. The third-order valence-electron chi connectivity index (χ3n) is 4.43. The number of pyridine rings is 1. The molecule has 118 valence electrons. The minimum Gasteiger partial charge on any atom is -0.355 e. The van der Waals surface area contributed by atoms with Crippen molar-refractivity contribution in [3.63, 3.8) is 0 Å². The third kappa shape index (κ3) is 3.95. The average molecular weight is 290 g/mol. The van der Waals surface area contributed by atoms with Crippen molar-refractivity contribution in [2.45, 2.75) is 46.2 Å². The fourth-order valence-electron chi connectivity index (χ4n) is 3.14. The Labute approximate surface area is 129 Å². The van der Waals surface area contributed by atoms with Crippen LogP contribution in [0.25, 0.3) is 0 Å². The maximum Gasteiger partial charge on any atom is 0.133 e. The van der Waals surface area contributed by atoms with Crippen LogP contribution in [0.15, 0.2) is 6.07 Å². The Morgan fingerprint density at radius 3 is 2.81 bits per heavy atom. The monoisotopic (exact) mass is 290 g/mol. The first-order valence-corrected chi connectivity index (χ1v) is 8.12. The molecule has 1 aromatic heterocycles. The van der Waals surface area contributed by atoms with Crippen molar-refractivity contribution < 1.29 is 0 Å². The van der Waals surface area contributed by atoms with Crippen molar-refractivity contribution >= 4 is 5.82 Å². The van der Waals surface area contributed by atoms with Gasteiger partial charge in [0.25, 0.3) is 0 Å². The molecule has 0 radical (unpaired) electrons. The van der Waals surface area contributed by atoms with Gasteiger partial charge in [-0.05, 0) is 59.0 Å². The van der Waals surface area contributed by atoms with E-state index in [2.05, 4.69) is 56.0 Å². The Balaban J connectivity index is 2.28. The Morgan fingerprint density at radius 1 is 1.38 bits per heavy atom. The fourth-order valence-corrected chi connectivity index (χ4v) is 3.14. The zero-order chi connectivity index (χ0) is 15.4. The van der Waals surface area contributed by atoms with E-state index in [1.165, 1.54) is 29.8 Å². The molecule has 0 aliphatic carbocycles. The highest BCUT2D eigenvalue weighted by atomic mass is 15.2. The van der Waals surface area contributed by atoms with E-state index < -0.39 is 0 Å². The van der Waals surface area contributed by atoms with Gasteiger partial charge in [0.15, 0.2) is 0 Å². The van der Waals surface area contributed by atoms with Gasteiger partial charge in [0, 0.05) is 36.9 Å². The standard InChI is InChI=1S/C17H30N4/c1-6-18-11-16-13(2)10-14(3)19-17(16)21-9-7-8-15(12-21)20(4)5/h10,15,18H,6-9,11-12H2,1-5H3. The Morgan fingerprint density at radius 2 is 2.14 bits per heavy atom. The number of likely N-dealkylation sites (N-methyl/N-ethyl adjacent to an activating group) is 1. The molecule has 0 spiro atoms. The maximum absolute atomic E-state index is 4.87. The highest BCUT2D eigenvalue weighted by Gasteiger charge is 2.24. The second kappa shape index (κ2) is 7.23. The number of hydrogen-bond donors (Lipinski definition) is 1. The molecule has 0 bridgehead atoms. The summed E-state index contributed by atoms with van der Waals surface area (Å²) in [5, 5.41) is 3.46. The van der Waals surface area contributed by atoms with Gasteiger partial charge in [-0.3, -0.25) is 0 Å². The predicted molar refractivity (Wildman–Crippen MR) is 90.0 cm³/mol. The lowest BCUT2D eigenvalue weighted by atomic mass is 10.0. The van der Waals surface area contributed by atoms with E-state index in [0.717, 1.165) is 31.9 Å². The predicted octanol–water partition coefficient (Wildman–Crippen LogP) is 2.34. The Hall–Kier alpha value is -1.13. The smallest absolute Gasteiger partial charge is 0.133 e. The van der Waals surface area contributed by atoms with Crippen LogP contribution in [0.3, 0.4) is 0 Å². The van der Waals surface area contributed by atoms with Crippen molar-refractivity contribution in [1.82, 2.24) is 15.2 Å². The van der Waals surface area contributed by atoms with Crippen LogP contribution in [-0.4, -0.2) is 49.7 Å². The molecule has 0 amide bonds. The van der Waals surface area contributed by atoms with E-state index in [4.69, 9.17) is 4.98 Å². The molecular weight excluding hydrogens is 260 g/mol. The van der Waals surface area contributed by atoms with Crippen LogP contribution in [0.2, 0.25) is 0 Å². The first kappa shape index (κ1) is 16.2. The maximum atomic E-state index is 4.87. The van der Waals surface area contributed by atoms with E-state index in [0.29, 0.717) is 6.04 Å². The highest BCUT2D eigenvalue weighted by molar-refractivity contribution is 5.52. The lowest BCUT2D eigenvalue weighted by Gasteiger charge is -2.38. The minimum absolute atomic E-state index is 0.633. The van der Waals surface area contributed by atoms with Crippen LogP contribution < -0.4 is 10.2 Å². The summed E-state index contributed by atoms with van der Waals surface area (Å²) in [6.07, 6.45) is 2.54. The Kier molecular flexibility index (Phi) is 5.59. The van der Waals surface area contributed by atoms with Gasteiger partial charge in [0.05, 0.1) is 0 Å². The number of aryl methyl sites for hydroxylation is 2. The van der Waals surface area contributed by atoms with E-state index >= 15 is 0 Å².